The zero-order chi connectivity index (χ0) is 19.5. The molecule has 0 unspecified atom stereocenters. The molecule has 10 heteroatoms. The highest BCUT2D eigenvalue weighted by Crippen LogP contribution is 2.09. The molecule has 9 nitrogen and oxygen atoms in total. The fourth-order valence-electron chi connectivity index (χ4n) is 3.21. The smallest absolute Gasteiger partial charge is 0.345 e. The van der Waals surface area contributed by atoms with E-state index in [1.54, 1.807) is 18.8 Å². The van der Waals surface area contributed by atoms with Gasteiger partial charge in [0.05, 0.1) is 0 Å². The molecule has 0 saturated carbocycles. The summed E-state index contributed by atoms with van der Waals surface area (Å²) in [5, 5.41) is 11.1. The van der Waals surface area contributed by atoms with Crippen molar-refractivity contribution in [1.29, 1.82) is 0 Å². The van der Waals surface area contributed by atoms with Gasteiger partial charge in [-0.15, -0.1) is 24.0 Å². The minimum atomic E-state index is 0. The van der Waals surface area contributed by atoms with Gasteiger partial charge in [0.1, 0.15) is 5.82 Å². The predicted octanol–water partition coefficient (Wildman–Crippen LogP) is 0.523. The molecule has 0 saturated heterocycles. The number of ether oxygens (including phenoxy) is 1. The normalized spacial score (nSPS) is 13.9. The third-order valence-electron chi connectivity index (χ3n) is 4.77. The Kier molecular flexibility index (Phi) is 12.4. The number of aliphatic imine (C=N–C) groups is 1. The highest BCUT2D eigenvalue weighted by atomic mass is 127. The van der Waals surface area contributed by atoms with Gasteiger partial charge in [-0.3, -0.25) is 9.56 Å². The summed E-state index contributed by atoms with van der Waals surface area (Å²) in [6.45, 7) is 5.77. The number of guanidine groups is 1. The second-order valence-corrected chi connectivity index (χ2v) is 6.96. The van der Waals surface area contributed by atoms with E-state index in [-0.39, 0.29) is 29.7 Å². The van der Waals surface area contributed by atoms with Crippen molar-refractivity contribution in [2.45, 2.75) is 45.2 Å². The Morgan fingerprint density at radius 2 is 2.04 bits per heavy atom. The number of hydrogen-bond donors (Lipinski definition) is 2. The molecule has 1 aromatic rings. The molecular formula is C18H36IN7O2. The van der Waals surface area contributed by atoms with Crippen molar-refractivity contribution in [3.8, 4) is 0 Å². The first-order chi connectivity index (χ1) is 13.2. The number of aryl methyl sites for hydroxylation is 2. The van der Waals surface area contributed by atoms with Crippen molar-refractivity contribution in [2.24, 2.45) is 4.99 Å². The summed E-state index contributed by atoms with van der Waals surface area (Å²) < 4.78 is 8.50. The maximum atomic E-state index is 12.3. The van der Waals surface area contributed by atoms with E-state index in [9.17, 15) is 4.79 Å². The molecular weight excluding hydrogens is 473 g/mol. The van der Waals surface area contributed by atoms with Gasteiger partial charge in [0.15, 0.2) is 5.96 Å². The van der Waals surface area contributed by atoms with Crippen LogP contribution < -0.4 is 16.3 Å². The van der Waals surface area contributed by atoms with E-state index in [2.05, 4.69) is 32.7 Å². The van der Waals surface area contributed by atoms with Gasteiger partial charge in [0.25, 0.3) is 0 Å². The first-order valence-corrected chi connectivity index (χ1v) is 9.94. The minimum absolute atomic E-state index is 0. The molecule has 0 fully saturated rings. The highest BCUT2D eigenvalue weighted by Gasteiger charge is 2.16. The summed E-state index contributed by atoms with van der Waals surface area (Å²) in [5.74, 6) is 1.73. The fraction of sp³-hybridized carbons (Fsp3) is 0.833. The Morgan fingerprint density at radius 3 is 2.75 bits per heavy atom. The lowest BCUT2D eigenvalue weighted by Gasteiger charge is -2.18. The molecule has 0 aromatic carbocycles. The van der Waals surface area contributed by atoms with E-state index in [1.165, 1.54) is 0 Å². The zero-order valence-electron chi connectivity index (χ0n) is 17.4. The van der Waals surface area contributed by atoms with Crippen molar-refractivity contribution in [3.63, 3.8) is 0 Å². The van der Waals surface area contributed by atoms with Crippen LogP contribution in [0.2, 0.25) is 0 Å². The molecule has 0 aliphatic carbocycles. The van der Waals surface area contributed by atoms with Gasteiger partial charge in [-0.05, 0) is 32.7 Å². The van der Waals surface area contributed by atoms with Gasteiger partial charge >= 0.3 is 5.69 Å². The highest BCUT2D eigenvalue weighted by molar-refractivity contribution is 14.0. The Labute approximate surface area is 184 Å². The van der Waals surface area contributed by atoms with Gasteiger partial charge in [0, 0.05) is 66.5 Å². The zero-order valence-corrected chi connectivity index (χ0v) is 19.8. The quantitative estimate of drug-likeness (QED) is 0.196. The predicted molar refractivity (Wildman–Crippen MR) is 123 cm³/mol. The number of hydrogen-bond acceptors (Lipinski definition) is 5. The van der Waals surface area contributed by atoms with Crippen molar-refractivity contribution in [3.05, 3.63) is 16.3 Å². The molecule has 0 amide bonds. The molecule has 0 bridgehead atoms. The molecule has 2 heterocycles. The second kappa shape index (κ2) is 13.9. The van der Waals surface area contributed by atoms with Crippen LogP contribution in [0.1, 0.15) is 31.5 Å². The number of likely N-dealkylation sites (N-methyl/N-ethyl adjacent to an activating group) is 1. The van der Waals surface area contributed by atoms with E-state index >= 15 is 0 Å². The van der Waals surface area contributed by atoms with E-state index in [0.29, 0.717) is 6.54 Å². The SMILES string of the molecule is CN=C(NCCCn1nc2n(c1=O)CCCC2)NCCN(C)CCCOC.I. The van der Waals surface area contributed by atoms with Gasteiger partial charge in [-0.2, -0.15) is 5.10 Å². The number of fused-ring (bicyclic) bond motifs is 1. The van der Waals surface area contributed by atoms with Crippen LogP contribution in [0.15, 0.2) is 9.79 Å². The van der Waals surface area contributed by atoms with E-state index in [4.69, 9.17) is 4.74 Å². The van der Waals surface area contributed by atoms with Crippen LogP contribution >= 0.6 is 24.0 Å². The van der Waals surface area contributed by atoms with Crippen molar-refractivity contribution in [2.75, 3.05) is 54.0 Å². The van der Waals surface area contributed by atoms with Gasteiger partial charge < -0.3 is 20.3 Å². The number of aromatic nitrogens is 3. The van der Waals surface area contributed by atoms with Crippen LogP contribution in [-0.4, -0.2) is 79.2 Å². The first kappa shape index (κ1) is 24.9. The molecule has 1 aromatic heterocycles. The summed E-state index contributed by atoms with van der Waals surface area (Å²) in [5.41, 5.74) is 0.0312. The third-order valence-corrected chi connectivity index (χ3v) is 4.77. The van der Waals surface area contributed by atoms with E-state index in [0.717, 1.165) is 83.2 Å². The van der Waals surface area contributed by atoms with Crippen LogP contribution in [0.25, 0.3) is 0 Å². The monoisotopic (exact) mass is 509 g/mol. The Balaban J connectivity index is 0.00000392. The summed E-state index contributed by atoms with van der Waals surface area (Å²) >= 11 is 0. The molecule has 2 rings (SSSR count). The summed E-state index contributed by atoms with van der Waals surface area (Å²) in [6.07, 6.45) is 4.98. The Hall–Kier alpha value is -1.14. The average molecular weight is 509 g/mol. The topological polar surface area (TPSA) is 88.7 Å². The molecule has 1 aliphatic heterocycles. The molecule has 2 N–H and O–H groups in total. The fourth-order valence-corrected chi connectivity index (χ4v) is 3.21. The molecule has 0 spiro atoms. The molecule has 28 heavy (non-hydrogen) atoms. The number of halogens is 1. The van der Waals surface area contributed by atoms with Crippen LogP contribution in [0, 0.1) is 0 Å². The lowest BCUT2D eigenvalue weighted by molar-refractivity contribution is 0.180. The molecule has 0 radical (unpaired) electrons. The third kappa shape index (κ3) is 8.08. The standard InChI is InChI=1S/C18H35N7O2.HI/c1-19-17(21-10-14-23(2)11-7-15-27-3)20-9-6-13-25-18(26)24-12-5-4-8-16(24)22-25;/h4-15H2,1-3H3,(H2,19,20,21);1H. The largest absolute Gasteiger partial charge is 0.385 e. The summed E-state index contributed by atoms with van der Waals surface area (Å²) in [4.78, 5) is 18.8. The number of nitrogens with one attached hydrogen (secondary N) is 2. The van der Waals surface area contributed by atoms with Crippen LogP contribution in [-0.2, 0) is 24.2 Å². The number of rotatable bonds is 11. The Morgan fingerprint density at radius 1 is 1.25 bits per heavy atom. The van der Waals surface area contributed by atoms with Crippen LogP contribution in [0.5, 0.6) is 0 Å². The van der Waals surface area contributed by atoms with Crippen LogP contribution in [0.4, 0.5) is 0 Å². The lowest BCUT2D eigenvalue weighted by Crippen LogP contribution is -2.41. The first-order valence-electron chi connectivity index (χ1n) is 9.94. The van der Waals surface area contributed by atoms with Gasteiger partial charge in [0.2, 0.25) is 0 Å². The Bertz CT molecular complexity index is 644. The maximum Gasteiger partial charge on any atom is 0.345 e. The van der Waals surface area contributed by atoms with Crippen LogP contribution in [0.3, 0.4) is 0 Å². The van der Waals surface area contributed by atoms with Crippen molar-refractivity contribution in [1.82, 2.24) is 29.9 Å². The second-order valence-electron chi connectivity index (χ2n) is 6.96. The average Bonchev–Trinajstić information content (AvgIpc) is 3.00. The summed E-state index contributed by atoms with van der Waals surface area (Å²) in [7, 11) is 5.61. The number of nitrogens with zero attached hydrogens (tertiary/aromatic N) is 5. The van der Waals surface area contributed by atoms with Gasteiger partial charge in [-0.25, -0.2) is 9.48 Å². The van der Waals surface area contributed by atoms with Gasteiger partial charge in [-0.1, -0.05) is 0 Å². The van der Waals surface area contributed by atoms with Crippen molar-refractivity contribution < 1.29 is 4.74 Å². The molecule has 0 atom stereocenters. The molecule has 1 aliphatic rings. The maximum absolute atomic E-state index is 12.3. The minimum Gasteiger partial charge on any atom is -0.385 e. The molecule has 162 valence electrons. The van der Waals surface area contributed by atoms with E-state index in [1.807, 2.05) is 4.57 Å². The summed E-state index contributed by atoms with van der Waals surface area (Å²) in [6, 6.07) is 0. The lowest BCUT2D eigenvalue weighted by atomic mass is 10.2. The van der Waals surface area contributed by atoms with E-state index < -0.39 is 0 Å². The number of methoxy groups -OCH3 is 1. The van der Waals surface area contributed by atoms with Crippen molar-refractivity contribution >= 4 is 29.9 Å².